The first kappa shape index (κ1) is 14.4. The van der Waals surface area contributed by atoms with E-state index in [1.54, 1.807) is 0 Å². The van der Waals surface area contributed by atoms with Gasteiger partial charge in [-0.05, 0) is 24.3 Å². The normalized spacial score (nSPS) is 29.0. The van der Waals surface area contributed by atoms with Crippen LogP contribution < -0.4 is 4.90 Å². The van der Waals surface area contributed by atoms with Gasteiger partial charge in [-0.1, -0.05) is 18.2 Å². The van der Waals surface area contributed by atoms with Gasteiger partial charge in [0, 0.05) is 6.54 Å². The van der Waals surface area contributed by atoms with E-state index in [1.165, 1.54) is 17.2 Å². The molecule has 2 heterocycles. The first-order valence-corrected chi connectivity index (χ1v) is 6.75. The summed E-state index contributed by atoms with van der Waals surface area (Å²) in [4.78, 5) is 8.46. The van der Waals surface area contributed by atoms with Crippen LogP contribution in [0.3, 0.4) is 0 Å². The predicted octanol–water partition coefficient (Wildman–Crippen LogP) is 3.03. The van der Waals surface area contributed by atoms with Crippen LogP contribution in [0.5, 0.6) is 0 Å². The molecule has 1 aromatic rings. The number of aliphatic hydroxyl groups is 1. The summed E-state index contributed by atoms with van der Waals surface area (Å²) in [7, 11) is 0. The second-order valence-electron chi connectivity index (χ2n) is 5.40. The lowest BCUT2D eigenvalue weighted by Gasteiger charge is -2.33. The molecular weight excluding hydrogens is 307 g/mol. The summed E-state index contributed by atoms with van der Waals surface area (Å²) in [6, 6.07) is 0.426. The Morgan fingerprint density at radius 1 is 1.52 bits per heavy atom. The molecule has 1 aliphatic heterocycles. The largest absolute Gasteiger partial charge is 0.416 e. The molecule has 8 heteroatoms. The van der Waals surface area contributed by atoms with Gasteiger partial charge >= 0.3 is 6.18 Å². The molecule has 4 atom stereocenters. The molecule has 0 bridgehead atoms. The number of hydrogen-bond acceptors (Lipinski definition) is 3. The number of anilines is 1. The fourth-order valence-electron chi connectivity index (χ4n) is 3.04. The highest BCUT2D eigenvalue weighted by atomic mass is 35.5. The lowest BCUT2D eigenvalue weighted by Crippen LogP contribution is -2.49. The maximum absolute atomic E-state index is 12.8. The second kappa shape index (κ2) is 4.75. The van der Waals surface area contributed by atoms with Gasteiger partial charge in [-0.3, -0.25) is 0 Å². The predicted molar refractivity (Wildman–Crippen MR) is 70.3 cm³/mol. The number of alkyl halides is 3. The molecule has 0 spiro atoms. The van der Waals surface area contributed by atoms with Gasteiger partial charge in [0.2, 0.25) is 0 Å². The van der Waals surface area contributed by atoms with E-state index < -0.39 is 18.3 Å². The molecule has 1 saturated heterocycles. The molecule has 21 heavy (non-hydrogen) atoms. The third-order valence-electron chi connectivity index (χ3n) is 4.11. The number of pyridine rings is 1. The summed E-state index contributed by atoms with van der Waals surface area (Å²) < 4.78 is 38.5. The fourth-order valence-corrected chi connectivity index (χ4v) is 3.24. The smallest absolute Gasteiger partial charge is 0.382 e. The number of nitrogens with zero attached hydrogens (tertiary/aromatic N) is 3. The average molecular weight is 318 g/mol. The SMILES string of the molecule is [C-]#[N+]c1ncc(N2C[C@H]3C[C@H]3[C@@H]2[C@@H](O)C(F)(F)F)cc1Cl. The van der Waals surface area contributed by atoms with Crippen molar-refractivity contribution in [2.45, 2.75) is 24.7 Å². The minimum atomic E-state index is -4.66. The van der Waals surface area contributed by atoms with Crippen molar-refractivity contribution in [3.8, 4) is 0 Å². The van der Waals surface area contributed by atoms with Crippen molar-refractivity contribution in [2.24, 2.45) is 11.8 Å². The summed E-state index contributed by atoms with van der Waals surface area (Å²) >= 11 is 5.89. The second-order valence-corrected chi connectivity index (χ2v) is 5.81. The van der Waals surface area contributed by atoms with E-state index in [4.69, 9.17) is 18.2 Å². The van der Waals surface area contributed by atoms with Crippen LogP contribution in [-0.2, 0) is 0 Å². The van der Waals surface area contributed by atoms with Crippen molar-refractivity contribution in [3.05, 3.63) is 28.7 Å². The minimum Gasteiger partial charge on any atom is -0.382 e. The van der Waals surface area contributed by atoms with Crippen molar-refractivity contribution in [2.75, 3.05) is 11.4 Å². The van der Waals surface area contributed by atoms with Crippen LogP contribution in [0.25, 0.3) is 4.85 Å². The molecule has 0 radical (unpaired) electrons. The van der Waals surface area contributed by atoms with E-state index in [0.29, 0.717) is 18.7 Å². The zero-order valence-corrected chi connectivity index (χ0v) is 11.4. The molecule has 0 amide bonds. The average Bonchev–Trinajstić information content (AvgIpc) is 3.08. The Morgan fingerprint density at radius 2 is 2.24 bits per heavy atom. The standard InChI is InChI=1S/C13H11ClF3N3O/c1-18-12-9(14)3-7(4-19-12)20-5-6-2-8(6)10(20)11(21)13(15,16)17/h3-4,6,8,10-11,21H,2,5H2/t6-,8-,10-,11-/m1/s1. The molecule has 2 aliphatic rings. The number of hydrogen-bond donors (Lipinski definition) is 1. The fraction of sp³-hybridized carbons (Fsp3) is 0.538. The summed E-state index contributed by atoms with van der Waals surface area (Å²) in [5, 5.41) is 9.72. The van der Waals surface area contributed by atoms with Gasteiger partial charge in [-0.15, -0.1) is 4.98 Å². The van der Waals surface area contributed by atoms with Crippen LogP contribution in [0.4, 0.5) is 24.7 Å². The monoisotopic (exact) mass is 317 g/mol. The number of aliphatic hydroxyl groups excluding tert-OH is 1. The Bertz CT molecular complexity index is 616. The van der Waals surface area contributed by atoms with Crippen LogP contribution >= 0.6 is 11.6 Å². The molecule has 1 N–H and O–H groups in total. The highest BCUT2D eigenvalue weighted by Gasteiger charge is 2.60. The first-order chi connectivity index (χ1) is 9.82. The van der Waals surface area contributed by atoms with Crippen molar-refractivity contribution in [1.82, 2.24) is 4.98 Å². The number of fused-ring (bicyclic) bond motifs is 1. The van der Waals surface area contributed by atoms with Gasteiger partial charge in [-0.2, -0.15) is 13.2 Å². The molecule has 112 valence electrons. The van der Waals surface area contributed by atoms with Crippen LogP contribution in [0.15, 0.2) is 12.3 Å². The van der Waals surface area contributed by atoms with Gasteiger partial charge in [0.05, 0.1) is 16.8 Å². The Balaban J connectivity index is 1.91. The quantitative estimate of drug-likeness (QED) is 0.852. The van der Waals surface area contributed by atoms with Gasteiger partial charge in [0.25, 0.3) is 5.82 Å². The van der Waals surface area contributed by atoms with Crippen molar-refractivity contribution >= 4 is 23.1 Å². The third-order valence-corrected chi connectivity index (χ3v) is 4.39. The topological polar surface area (TPSA) is 40.7 Å². The number of rotatable bonds is 2. The highest BCUT2D eigenvalue weighted by molar-refractivity contribution is 6.33. The maximum atomic E-state index is 12.8. The van der Waals surface area contributed by atoms with E-state index in [0.717, 1.165) is 0 Å². The van der Waals surface area contributed by atoms with E-state index in [1.807, 2.05) is 0 Å². The van der Waals surface area contributed by atoms with Crippen molar-refractivity contribution in [3.63, 3.8) is 0 Å². The van der Waals surface area contributed by atoms with Crippen LogP contribution in [-0.4, -0.2) is 35.0 Å². The van der Waals surface area contributed by atoms with E-state index >= 15 is 0 Å². The number of halogens is 4. The molecule has 1 aliphatic carbocycles. The number of aromatic nitrogens is 1. The lowest BCUT2D eigenvalue weighted by atomic mass is 10.1. The van der Waals surface area contributed by atoms with Gasteiger partial charge in [0.15, 0.2) is 6.10 Å². The van der Waals surface area contributed by atoms with Gasteiger partial charge < -0.3 is 14.9 Å². The molecule has 3 rings (SSSR count). The van der Waals surface area contributed by atoms with E-state index in [2.05, 4.69) is 9.83 Å². The first-order valence-electron chi connectivity index (χ1n) is 6.37. The third kappa shape index (κ3) is 2.43. The van der Waals surface area contributed by atoms with Crippen LogP contribution in [0.2, 0.25) is 5.02 Å². The summed E-state index contributed by atoms with van der Waals surface area (Å²) in [5.74, 6) is 0.0324. The summed E-state index contributed by atoms with van der Waals surface area (Å²) in [6.07, 6.45) is -5.02. The Morgan fingerprint density at radius 3 is 2.81 bits per heavy atom. The molecule has 1 aromatic heterocycles. The van der Waals surface area contributed by atoms with Crippen molar-refractivity contribution in [1.29, 1.82) is 0 Å². The molecule has 0 aromatic carbocycles. The van der Waals surface area contributed by atoms with Crippen LogP contribution in [0, 0.1) is 18.4 Å². The van der Waals surface area contributed by atoms with E-state index in [9.17, 15) is 18.3 Å². The van der Waals surface area contributed by atoms with Crippen molar-refractivity contribution < 1.29 is 18.3 Å². The summed E-state index contributed by atoms with van der Waals surface area (Å²) in [5.41, 5.74) is 0.410. The Labute approximate surface area is 124 Å². The molecule has 0 unspecified atom stereocenters. The molecule has 4 nitrogen and oxygen atoms in total. The zero-order valence-electron chi connectivity index (χ0n) is 10.7. The summed E-state index contributed by atoms with van der Waals surface area (Å²) in [6.45, 7) is 7.31. The zero-order chi connectivity index (χ0) is 15.4. The van der Waals surface area contributed by atoms with Crippen LogP contribution in [0.1, 0.15) is 6.42 Å². The number of piperidine rings is 1. The highest BCUT2D eigenvalue weighted by Crippen LogP contribution is 2.53. The maximum Gasteiger partial charge on any atom is 0.416 e. The van der Waals surface area contributed by atoms with Gasteiger partial charge in [-0.25, -0.2) is 0 Å². The van der Waals surface area contributed by atoms with E-state index in [-0.39, 0.29) is 22.7 Å². The minimum absolute atomic E-state index is 0.0118. The molecule has 1 saturated carbocycles. The molecule has 2 fully saturated rings. The molecular formula is C13H11ClF3N3O. The lowest BCUT2D eigenvalue weighted by molar-refractivity contribution is -0.210. The van der Waals surface area contributed by atoms with Gasteiger partial charge in [0.1, 0.15) is 6.20 Å². The Kier molecular flexibility index (Phi) is 3.26. The Hall–Kier alpha value is -1.52.